The SMILES string of the molecule is CN(CCC#N)C(=O)Cn1cccc1C#N. The van der Waals surface area contributed by atoms with Crippen molar-refractivity contribution in [2.45, 2.75) is 13.0 Å². The van der Waals surface area contributed by atoms with E-state index in [-0.39, 0.29) is 12.5 Å². The third-order valence-electron chi connectivity index (χ3n) is 2.23. The summed E-state index contributed by atoms with van der Waals surface area (Å²) in [6, 6.07) is 7.36. The van der Waals surface area contributed by atoms with E-state index in [4.69, 9.17) is 10.5 Å². The van der Waals surface area contributed by atoms with Crippen LogP contribution < -0.4 is 0 Å². The Kier molecular flexibility index (Phi) is 4.11. The van der Waals surface area contributed by atoms with Crippen molar-refractivity contribution in [3.8, 4) is 12.1 Å². The summed E-state index contributed by atoms with van der Waals surface area (Å²) in [4.78, 5) is 13.2. The van der Waals surface area contributed by atoms with Crippen LogP contribution in [-0.2, 0) is 11.3 Å². The van der Waals surface area contributed by atoms with Gasteiger partial charge in [0.2, 0.25) is 5.91 Å². The van der Waals surface area contributed by atoms with E-state index in [2.05, 4.69) is 0 Å². The summed E-state index contributed by atoms with van der Waals surface area (Å²) in [5, 5.41) is 17.2. The number of rotatable bonds is 4. The topological polar surface area (TPSA) is 72.8 Å². The predicted molar refractivity (Wildman–Crippen MR) is 57.0 cm³/mol. The van der Waals surface area contributed by atoms with Gasteiger partial charge in [0.25, 0.3) is 0 Å². The van der Waals surface area contributed by atoms with Crippen LogP contribution in [0.2, 0.25) is 0 Å². The molecule has 16 heavy (non-hydrogen) atoms. The largest absolute Gasteiger partial charge is 0.343 e. The van der Waals surface area contributed by atoms with Gasteiger partial charge in [0, 0.05) is 19.8 Å². The molecule has 5 heteroatoms. The predicted octanol–water partition coefficient (Wildman–Crippen LogP) is 0.732. The van der Waals surface area contributed by atoms with Crippen molar-refractivity contribution in [2.75, 3.05) is 13.6 Å². The number of hydrogen-bond donors (Lipinski definition) is 0. The lowest BCUT2D eigenvalue weighted by Crippen LogP contribution is -2.31. The van der Waals surface area contributed by atoms with Gasteiger partial charge in [-0.25, -0.2) is 0 Å². The fourth-order valence-electron chi connectivity index (χ4n) is 1.26. The molecule has 0 N–H and O–H groups in total. The Morgan fingerprint density at radius 2 is 2.31 bits per heavy atom. The molecule has 0 bridgehead atoms. The van der Waals surface area contributed by atoms with Crippen LogP contribution in [0.1, 0.15) is 12.1 Å². The van der Waals surface area contributed by atoms with Crippen LogP contribution in [0.5, 0.6) is 0 Å². The minimum Gasteiger partial charge on any atom is -0.343 e. The van der Waals surface area contributed by atoms with E-state index in [0.29, 0.717) is 18.7 Å². The van der Waals surface area contributed by atoms with Crippen LogP contribution in [0, 0.1) is 22.7 Å². The van der Waals surface area contributed by atoms with E-state index in [9.17, 15) is 4.79 Å². The molecule has 1 rings (SSSR count). The molecule has 5 nitrogen and oxygen atoms in total. The van der Waals surface area contributed by atoms with Crippen LogP contribution in [0.25, 0.3) is 0 Å². The maximum absolute atomic E-state index is 11.7. The lowest BCUT2D eigenvalue weighted by molar-refractivity contribution is -0.130. The lowest BCUT2D eigenvalue weighted by atomic mass is 10.4. The number of nitriles is 2. The highest BCUT2D eigenvalue weighted by Crippen LogP contribution is 2.01. The second-order valence-corrected chi connectivity index (χ2v) is 3.36. The van der Waals surface area contributed by atoms with Crippen molar-refractivity contribution in [1.29, 1.82) is 10.5 Å². The lowest BCUT2D eigenvalue weighted by Gasteiger charge is -2.16. The summed E-state index contributed by atoms with van der Waals surface area (Å²) in [6.45, 7) is 0.552. The van der Waals surface area contributed by atoms with Gasteiger partial charge in [-0.05, 0) is 12.1 Å². The van der Waals surface area contributed by atoms with E-state index < -0.39 is 0 Å². The van der Waals surface area contributed by atoms with Crippen LogP contribution in [0.15, 0.2) is 18.3 Å². The Labute approximate surface area is 94.1 Å². The third-order valence-corrected chi connectivity index (χ3v) is 2.23. The maximum atomic E-state index is 11.7. The van der Waals surface area contributed by atoms with Crippen LogP contribution in [0.3, 0.4) is 0 Å². The molecule has 0 aliphatic heterocycles. The second kappa shape index (κ2) is 5.57. The van der Waals surface area contributed by atoms with Gasteiger partial charge in [0.1, 0.15) is 18.3 Å². The molecule has 0 saturated carbocycles. The van der Waals surface area contributed by atoms with Gasteiger partial charge in [-0.15, -0.1) is 0 Å². The minimum absolute atomic E-state index is 0.108. The molecule has 1 amide bonds. The highest BCUT2D eigenvalue weighted by Gasteiger charge is 2.10. The monoisotopic (exact) mass is 216 g/mol. The molecule has 1 heterocycles. The van der Waals surface area contributed by atoms with Crippen LogP contribution in [0.4, 0.5) is 0 Å². The van der Waals surface area contributed by atoms with Gasteiger partial charge in [0.05, 0.1) is 12.5 Å². The number of amides is 1. The molecular formula is C11H12N4O. The number of nitrogens with zero attached hydrogens (tertiary/aromatic N) is 4. The van der Waals surface area contributed by atoms with Gasteiger partial charge in [-0.2, -0.15) is 10.5 Å². The highest BCUT2D eigenvalue weighted by atomic mass is 16.2. The molecular weight excluding hydrogens is 204 g/mol. The Balaban J connectivity index is 2.59. The summed E-state index contributed by atoms with van der Waals surface area (Å²) in [5.41, 5.74) is 0.460. The Hall–Kier alpha value is -2.27. The first-order valence-electron chi connectivity index (χ1n) is 4.85. The smallest absolute Gasteiger partial charge is 0.242 e. The van der Waals surface area contributed by atoms with E-state index in [0.717, 1.165) is 0 Å². The Morgan fingerprint density at radius 1 is 1.56 bits per heavy atom. The van der Waals surface area contributed by atoms with Gasteiger partial charge in [-0.1, -0.05) is 0 Å². The van der Waals surface area contributed by atoms with Crippen LogP contribution >= 0.6 is 0 Å². The summed E-state index contributed by atoms with van der Waals surface area (Å²) >= 11 is 0. The Morgan fingerprint density at radius 3 is 2.94 bits per heavy atom. The number of carbonyl (C=O) groups excluding carboxylic acids is 1. The first kappa shape index (κ1) is 11.8. The van der Waals surface area contributed by atoms with Gasteiger partial charge < -0.3 is 9.47 Å². The van der Waals surface area contributed by atoms with Crippen LogP contribution in [-0.4, -0.2) is 29.0 Å². The molecule has 0 aliphatic carbocycles. The molecule has 0 spiro atoms. The number of carbonyl (C=O) groups is 1. The molecule has 82 valence electrons. The molecule has 0 aliphatic rings. The Bertz CT molecular complexity index is 449. The fraction of sp³-hybridized carbons (Fsp3) is 0.364. The van der Waals surface area contributed by atoms with Crippen molar-refractivity contribution >= 4 is 5.91 Å². The molecule has 0 saturated heterocycles. The van der Waals surface area contributed by atoms with Crippen molar-refractivity contribution in [2.24, 2.45) is 0 Å². The average molecular weight is 216 g/mol. The standard InChI is InChI=1S/C11H12N4O/c1-14(6-3-5-12)11(16)9-15-7-2-4-10(15)8-13/h2,4,7H,3,6,9H2,1H3. The van der Waals surface area contributed by atoms with Crippen molar-refractivity contribution in [3.05, 3.63) is 24.0 Å². The quantitative estimate of drug-likeness (QED) is 0.744. The van der Waals surface area contributed by atoms with Gasteiger partial charge in [0.15, 0.2) is 0 Å². The normalized spacial score (nSPS) is 9.19. The van der Waals surface area contributed by atoms with Gasteiger partial charge >= 0.3 is 0 Å². The van der Waals surface area contributed by atoms with Crippen molar-refractivity contribution in [3.63, 3.8) is 0 Å². The molecule has 0 unspecified atom stereocenters. The zero-order chi connectivity index (χ0) is 12.0. The maximum Gasteiger partial charge on any atom is 0.242 e. The zero-order valence-electron chi connectivity index (χ0n) is 9.05. The van der Waals surface area contributed by atoms with E-state index in [1.807, 2.05) is 12.1 Å². The van der Waals surface area contributed by atoms with E-state index in [1.54, 1.807) is 29.9 Å². The first-order chi connectivity index (χ1) is 7.69. The molecule has 0 radical (unpaired) electrons. The van der Waals surface area contributed by atoms with E-state index in [1.165, 1.54) is 4.90 Å². The minimum atomic E-state index is -0.108. The molecule has 1 aromatic rings. The molecule has 0 aromatic carbocycles. The van der Waals surface area contributed by atoms with Crippen molar-refractivity contribution in [1.82, 2.24) is 9.47 Å². The second-order valence-electron chi connectivity index (χ2n) is 3.36. The first-order valence-corrected chi connectivity index (χ1v) is 4.85. The molecule has 0 atom stereocenters. The number of hydrogen-bond acceptors (Lipinski definition) is 3. The molecule has 0 fully saturated rings. The zero-order valence-corrected chi connectivity index (χ0v) is 9.05. The summed E-state index contributed by atoms with van der Waals surface area (Å²) in [6.07, 6.45) is 2.01. The summed E-state index contributed by atoms with van der Waals surface area (Å²) < 4.78 is 1.59. The molecule has 1 aromatic heterocycles. The summed E-state index contributed by atoms with van der Waals surface area (Å²) in [5.74, 6) is -0.108. The fourth-order valence-corrected chi connectivity index (χ4v) is 1.26. The number of likely N-dealkylation sites (N-methyl/N-ethyl adjacent to an activating group) is 1. The highest BCUT2D eigenvalue weighted by molar-refractivity contribution is 5.75. The van der Waals surface area contributed by atoms with Gasteiger partial charge in [-0.3, -0.25) is 4.79 Å². The third kappa shape index (κ3) is 2.86. The summed E-state index contributed by atoms with van der Waals surface area (Å²) in [7, 11) is 1.65. The van der Waals surface area contributed by atoms with Crippen molar-refractivity contribution < 1.29 is 4.79 Å². The number of aromatic nitrogens is 1. The average Bonchev–Trinajstić information content (AvgIpc) is 2.72. The van der Waals surface area contributed by atoms with E-state index >= 15 is 0 Å².